The van der Waals surface area contributed by atoms with Crippen molar-refractivity contribution in [3.63, 3.8) is 0 Å². The number of hydrogen-bond donors (Lipinski definition) is 3. The summed E-state index contributed by atoms with van der Waals surface area (Å²) in [5.74, 6) is -0.0139. The van der Waals surface area contributed by atoms with E-state index in [0.717, 1.165) is 5.00 Å². The molecule has 2 atom stereocenters. The van der Waals surface area contributed by atoms with Gasteiger partial charge in [0.2, 0.25) is 0 Å². The lowest BCUT2D eigenvalue weighted by molar-refractivity contribution is -0.0419. The highest BCUT2D eigenvalue weighted by molar-refractivity contribution is 7.11. The number of nitrogen functional groups attached to an aromatic ring is 1. The summed E-state index contributed by atoms with van der Waals surface area (Å²) in [6, 6.07) is 0. The fraction of sp³-hybridized carbons (Fsp3) is 0.636. The first-order valence-corrected chi connectivity index (χ1v) is 6.82. The van der Waals surface area contributed by atoms with Gasteiger partial charge in [-0.15, -0.1) is 0 Å². The van der Waals surface area contributed by atoms with E-state index in [1.165, 1.54) is 11.5 Å². The molecule has 0 radical (unpaired) electrons. The van der Waals surface area contributed by atoms with E-state index in [0.29, 0.717) is 18.7 Å². The van der Waals surface area contributed by atoms with Crippen LogP contribution in [0.25, 0.3) is 0 Å². The van der Waals surface area contributed by atoms with Gasteiger partial charge in [-0.25, -0.2) is 0 Å². The molecule has 0 aromatic carbocycles. The SMILES string of the molecule is CNC(=O)c1c(N)nsc1N1CC(C)OC(CO)C1. The number of amides is 1. The topological polar surface area (TPSA) is 101 Å². The van der Waals surface area contributed by atoms with Gasteiger partial charge in [0.25, 0.3) is 5.91 Å². The standard InChI is InChI=1S/C11H18N4O3S/c1-6-3-15(4-7(5-16)18-6)11-8(10(17)13-2)9(12)14-19-11/h6-7,16H,3-5H2,1-2H3,(H2,12,14)(H,13,17). The van der Waals surface area contributed by atoms with Gasteiger partial charge in [-0.05, 0) is 18.5 Å². The predicted molar refractivity (Wildman–Crippen MR) is 73.6 cm³/mol. The van der Waals surface area contributed by atoms with Crippen LogP contribution >= 0.6 is 11.5 Å². The lowest BCUT2D eigenvalue weighted by Crippen LogP contribution is -2.48. The van der Waals surface area contributed by atoms with E-state index in [2.05, 4.69) is 9.69 Å². The van der Waals surface area contributed by atoms with Crippen LogP contribution < -0.4 is 16.0 Å². The molecule has 0 saturated carbocycles. The van der Waals surface area contributed by atoms with Crippen molar-refractivity contribution in [2.45, 2.75) is 19.1 Å². The van der Waals surface area contributed by atoms with Crippen molar-refractivity contribution in [1.82, 2.24) is 9.69 Å². The molecular formula is C11H18N4O3S. The molecule has 1 fully saturated rings. The van der Waals surface area contributed by atoms with Crippen molar-refractivity contribution >= 4 is 28.3 Å². The van der Waals surface area contributed by atoms with Gasteiger partial charge in [-0.1, -0.05) is 0 Å². The Morgan fingerprint density at radius 2 is 2.42 bits per heavy atom. The van der Waals surface area contributed by atoms with E-state index >= 15 is 0 Å². The van der Waals surface area contributed by atoms with Crippen molar-refractivity contribution in [2.75, 3.05) is 37.4 Å². The van der Waals surface area contributed by atoms with E-state index in [1.807, 2.05) is 11.8 Å². The number of hydrogen-bond acceptors (Lipinski definition) is 7. The number of aromatic nitrogens is 1. The van der Waals surface area contributed by atoms with E-state index in [-0.39, 0.29) is 30.5 Å². The molecule has 106 valence electrons. The monoisotopic (exact) mass is 286 g/mol. The average molecular weight is 286 g/mol. The van der Waals surface area contributed by atoms with Gasteiger partial charge in [0.15, 0.2) is 5.82 Å². The van der Waals surface area contributed by atoms with Crippen LogP contribution in [0.2, 0.25) is 0 Å². The number of rotatable bonds is 3. The van der Waals surface area contributed by atoms with Gasteiger partial charge < -0.3 is 25.8 Å². The number of ether oxygens (including phenoxy) is 1. The molecule has 0 bridgehead atoms. The van der Waals surface area contributed by atoms with E-state index in [4.69, 9.17) is 10.5 Å². The Bertz CT molecular complexity index is 465. The maximum absolute atomic E-state index is 11.9. The fourth-order valence-corrected chi connectivity index (χ4v) is 2.99. The molecular weight excluding hydrogens is 268 g/mol. The molecule has 4 N–H and O–H groups in total. The Morgan fingerprint density at radius 3 is 3.05 bits per heavy atom. The number of aliphatic hydroxyl groups is 1. The minimum atomic E-state index is -0.260. The van der Waals surface area contributed by atoms with Crippen LogP contribution in [-0.4, -0.2) is 54.3 Å². The number of morpholine rings is 1. The Kier molecular flexibility index (Phi) is 4.23. The first-order chi connectivity index (χ1) is 9.06. The summed E-state index contributed by atoms with van der Waals surface area (Å²) in [5.41, 5.74) is 6.16. The molecule has 1 aliphatic rings. The Labute approximate surface area is 115 Å². The molecule has 0 aliphatic carbocycles. The summed E-state index contributed by atoms with van der Waals surface area (Å²) in [6.45, 7) is 3.04. The van der Waals surface area contributed by atoms with Gasteiger partial charge in [-0.2, -0.15) is 4.37 Å². The molecule has 1 aliphatic heterocycles. The Morgan fingerprint density at radius 1 is 1.68 bits per heavy atom. The highest BCUT2D eigenvalue weighted by Gasteiger charge is 2.30. The number of anilines is 2. The second kappa shape index (κ2) is 5.72. The molecule has 0 spiro atoms. The van der Waals surface area contributed by atoms with Crippen LogP contribution in [-0.2, 0) is 4.74 Å². The van der Waals surface area contributed by atoms with Crippen LogP contribution in [0.15, 0.2) is 0 Å². The highest BCUT2D eigenvalue weighted by Crippen LogP contribution is 2.32. The molecule has 2 heterocycles. The summed E-state index contributed by atoms with van der Waals surface area (Å²) >= 11 is 1.19. The predicted octanol–water partition coefficient (Wildman–Crippen LogP) is -0.329. The third-order valence-corrected chi connectivity index (χ3v) is 3.89. The zero-order valence-electron chi connectivity index (χ0n) is 10.9. The van der Waals surface area contributed by atoms with Crippen LogP contribution in [0.5, 0.6) is 0 Å². The van der Waals surface area contributed by atoms with Crippen LogP contribution in [0.1, 0.15) is 17.3 Å². The number of nitrogens with two attached hydrogens (primary N) is 1. The molecule has 2 unspecified atom stereocenters. The second-order valence-electron chi connectivity index (χ2n) is 4.48. The third kappa shape index (κ3) is 2.80. The van der Waals surface area contributed by atoms with Gasteiger partial charge >= 0.3 is 0 Å². The zero-order chi connectivity index (χ0) is 14.0. The Balaban J connectivity index is 2.28. The van der Waals surface area contributed by atoms with Crippen molar-refractivity contribution in [3.8, 4) is 0 Å². The van der Waals surface area contributed by atoms with Gasteiger partial charge in [0.05, 0.1) is 18.8 Å². The van der Waals surface area contributed by atoms with Crippen molar-refractivity contribution in [2.24, 2.45) is 0 Å². The molecule has 1 aromatic rings. The minimum absolute atomic E-state index is 0.0215. The summed E-state index contributed by atoms with van der Waals surface area (Å²) in [4.78, 5) is 13.9. The maximum Gasteiger partial charge on any atom is 0.257 e. The van der Waals surface area contributed by atoms with Crippen molar-refractivity contribution < 1.29 is 14.6 Å². The van der Waals surface area contributed by atoms with Crippen molar-refractivity contribution in [1.29, 1.82) is 0 Å². The zero-order valence-corrected chi connectivity index (χ0v) is 11.7. The number of aliphatic hydroxyl groups excluding tert-OH is 1. The molecule has 1 aromatic heterocycles. The molecule has 7 nitrogen and oxygen atoms in total. The average Bonchev–Trinajstić information content (AvgIpc) is 2.79. The van der Waals surface area contributed by atoms with Crippen molar-refractivity contribution in [3.05, 3.63) is 5.56 Å². The number of nitrogens with one attached hydrogen (secondary N) is 1. The normalized spacial score (nSPS) is 23.4. The summed E-state index contributed by atoms with van der Waals surface area (Å²) in [6.07, 6.45) is -0.281. The smallest absolute Gasteiger partial charge is 0.257 e. The number of nitrogens with zero attached hydrogens (tertiary/aromatic N) is 2. The lowest BCUT2D eigenvalue weighted by atomic mass is 10.2. The molecule has 2 rings (SSSR count). The number of carbonyl (C=O) groups excluding carboxylic acids is 1. The maximum atomic E-state index is 11.9. The fourth-order valence-electron chi connectivity index (χ4n) is 2.16. The van der Waals surface area contributed by atoms with Crippen LogP contribution in [0, 0.1) is 0 Å². The van der Waals surface area contributed by atoms with Crippen LogP contribution in [0.3, 0.4) is 0 Å². The molecule has 8 heteroatoms. The lowest BCUT2D eigenvalue weighted by Gasteiger charge is -2.36. The largest absolute Gasteiger partial charge is 0.394 e. The number of carbonyl (C=O) groups is 1. The van der Waals surface area contributed by atoms with E-state index in [1.54, 1.807) is 7.05 Å². The molecule has 1 saturated heterocycles. The summed E-state index contributed by atoms with van der Waals surface area (Å²) < 4.78 is 9.63. The first kappa shape index (κ1) is 14.0. The van der Waals surface area contributed by atoms with E-state index in [9.17, 15) is 9.90 Å². The Hall–Kier alpha value is -1.38. The minimum Gasteiger partial charge on any atom is -0.394 e. The highest BCUT2D eigenvalue weighted by atomic mass is 32.1. The van der Waals surface area contributed by atoms with Gasteiger partial charge in [0, 0.05) is 20.1 Å². The quantitative estimate of drug-likeness (QED) is 0.703. The summed E-state index contributed by atoms with van der Waals surface area (Å²) in [7, 11) is 1.56. The van der Waals surface area contributed by atoms with Gasteiger partial charge in [0.1, 0.15) is 10.6 Å². The third-order valence-electron chi connectivity index (χ3n) is 2.97. The van der Waals surface area contributed by atoms with E-state index < -0.39 is 0 Å². The first-order valence-electron chi connectivity index (χ1n) is 6.05. The second-order valence-corrected chi connectivity index (χ2v) is 5.24. The van der Waals surface area contributed by atoms with Gasteiger partial charge in [-0.3, -0.25) is 4.79 Å². The molecule has 19 heavy (non-hydrogen) atoms. The molecule has 1 amide bonds. The van der Waals surface area contributed by atoms with Crippen LogP contribution in [0.4, 0.5) is 10.8 Å². The summed E-state index contributed by atoms with van der Waals surface area (Å²) in [5, 5.41) is 12.5.